The van der Waals surface area contributed by atoms with E-state index in [0.29, 0.717) is 38.2 Å². The number of hydrogen-bond acceptors (Lipinski definition) is 3. The van der Waals surface area contributed by atoms with Gasteiger partial charge in [-0.05, 0) is 25.5 Å². The lowest BCUT2D eigenvalue weighted by molar-refractivity contribution is -0.131. The van der Waals surface area contributed by atoms with Gasteiger partial charge in [0.15, 0.2) is 5.78 Å². The van der Waals surface area contributed by atoms with Gasteiger partial charge in [0.25, 0.3) is 5.91 Å². The summed E-state index contributed by atoms with van der Waals surface area (Å²) in [5.41, 5.74) is 1.54. The van der Waals surface area contributed by atoms with Crippen molar-refractivity contribution in [3.8, 4) is 0 Å². The minimum atomic E-state index is -0.653. The van der Waals surface area contributed by atoms with Gasteiger partial charge < -0.3 is 9.80 Å². The molecule has 1 fully saturated rings. The van der Waals surface area contributed by atoms with Crippen LogP contribution in [0.4, 0.5) is 4.39 Å². The summed E-state index contributed by atoms with van der Waals surface area (Å²) in [5, 5.41) is 0.0757. The second kappa shape index (κ2) is 9.85. The van der Waals surface area contributed by atoms with Gasteiger partial charge in [-0.15, -0.1) is 0 Å². The molecule has 7 heteroatoms. The van der Waals surface area contributed by atoms with E-state index in [2.05, 4.69) is 0 Å². The van der Waals surface area contributed by atoms with Crippen LogP contribution in [-0.2, 0) is 4.79 Å². The predicted octanol–water partition coefficient (Wildman–Crippen LogP) is 4.13. The summed E-state index contributed by atoms with van der Waals surface area (Å²) in [5.74, 6) is -1.31. The molecule has 3 rings (SSSR count). The molecule has 0 aliphatic carbocycles. The average Bonchev–Trinajstić information content (AvgIpc) is 2.98. The Hall–Kier alpha value is -2.73. The van der Waals surface area contributed by atoms with Gasteiger partial charge >= 0.3 is 0 Å². The summed E-state index contributed by atoms with van der Waals surface area (Å²) in [6, 6.07) is 11.4. The van der Waals surface area contributed by atoms with Crippen LogP contribution >= 0.6 is 11.6 Å². The Kier molecular flexibility index (Phi) is 7.21. The van der Waals surface area contributed by atoms with Crippen molar-refractivity contribution in [1.29, 1.82) is 0 Å². The highest BCUT2D eigenvalue weighted by atomic mass is 35.5. The molecule has 5 nitrogen and oxygen atoms in total. The first-order valence-electron chi connectivity index (χ1n) is 9.97. The van der Waals surface area contributed by atoms with Crippen LogP contribution in [0.1, 0.15) is 45.5 Å². The molecule has 0 N–H and O–H groups in total. The minimum Gasteiger partial charge on any atom is -0.341 e. The lowest BCUT2D eigenvalue weighted by Gasteiger charge is -2.22. The van der Waals surface area contributed by atoms with E-state index in [-0.39, 0.29) is 35.1 Å². The van der Waals surface area contributed by atoms with Crippen LogP contribution in [0.5, 0.6) is 0 Å². The van der Waals surface area contributed by atoms with Crippen molar-refractivity contribution < 1.29 is 18.8 Å². The van der Waals surface area contributed by atoms with Gasteiger partial charge in [-0.1, -0.05) is 47.5 Å². The third kappa shape index (κ3) is 5.25. The topological polar surface area (TPSA) is 57.7 Å². The largest absolute Gasteiger partial charge is 0.341 e. The number of amides is 2. The molecule has 0 radical (unpaired) electrons. The molecule has 0 bridgehead atoms. The van der Waals surface area contributed by atoms with Crippen LogP contribution in [0.25, 0.3) is 0 Å². The van der Waals surface area contributed by atoms with Gasteiger partial charge in [-0.25, -0.2) is 4.39 Å². The maximum absolute atomic E-state index is 14.1. The Bertz CT molecular complexity index is 926. The molecule has 2 aromatic rings. The van der Waals surface area contributed by atoms with Crippen molar-refractivity contribution in [2.24, 2.45) is 0 Å². The van der Waals surface area contributed by atoms with E-state index in [1.165, 1.54) is 23.1 Å². The van der Waals surface area contributed by atoms with E-state index >= 15 is 0 Å². The number of halogens is 2. The van der Waals surface area contributed by atoms with Crippen LogP contribution in [0, 0.1) is 12.7 Å². The summed E-state index contributed by atoms with van der Waals surface area (Å²) in [6.07, 6.45) is 0.848. The summed E-state index contributed by atoms with van der Waals surface area (Å²) >= 11 is 6.01. The normalized spacial score (nSPS) is 14.4. The van der Waals surface area contributed by atoms with Crippen molar-refractivity contribution in [2.45, 2.75) is 26.2 Å². The molecule has 0 unspecified atom stereocenters. The second-order valence-corrected chi connectivity index (χ2v) is 7.82. The maximum atomic E-state index is 14.1. The van der Waals surface area contributed by atoms with Gasteiger partial charge in [-0.2, -0.15) is 0 Å². The molecule has 1 aliphatic rings. The zero-order chi connectivity index (χ0) is 21.7. The monoisotopic (exact) mass is 430 g/mol. The van der Waals surface area contributed by atoms with Crippen LogP contribution in [0.15, 0.2) is 42.5 Å². The fourth-order valence-corrected chi connectivity index (χ4v) is 3.74. The highest BCUT2D eigenvalue weighted by Gasteiger charge is 2.26. The van der Waals surface area contributed by atoms with Crippen LogP contribution in [0.2, 0.25) is 5.02 Å². The van der Waals surface area contributed by atoms with Gasteiger partial charge in [0, 0.05) is 44.6 Å². The Balaban J connectivity index is 1.55. The first-order chi connectivity index (χ1) is 14.4. The number of carbonyl (C=O) groups excluding carboxylic acids is 3. The van der Waals surface area contributed by atoms with Crippen molar-refractivity contribution >= 4 is 29.2 Å². The number of carbonyl (C=O) groups is 3. The molecule has 0 spiro atoms. The standard InChI is InChI=1S/C23H24ClFN2O3/c1-16-6-8-17(9-7-16)20(28)10-11-21(29)26-12-3-13-27(15-14-26)23(30)22-18(24)4-2-5-19(22)25/h2,4-9H,3,10-15H2,1H3. The smallest absolute Gasteiger partial charge is 0.258 e. The van der Waals surface area contributed by atoms with Crippen LogP contribution in [-0.4, -0.2) is 53.6 Å². The number of aryl methyl sites for hydroxylation is 1. The number of nitrogens with zero attached hydrogens (tertiary/aromatic N) is 2. The molecule has 1 saturated heterocycles. The quantitative estimate of drug-likeness (QED) is 0.670. The molecular formula is C23H24ClFN2O3. The third-order valence-electron chi connectivity index (χ3n) is 5.25. The van der Waals surface area contributed by atoms with Gasteiger partial charge in [-0.3, -0.25) is 14.4 Å². The van der Waals surface area contributed by atoms with Crippen LogP contribution in [0.3, 0.4) is 0 Å². The van der Waals surface area contributed by atoms with E-state index in [4.69, 9.17) is 11.6 Å². The molecule has 30 heavy (non-hydrogen) atoms. The van der Waals surface area contributed by atoms with Gasteiger partial charge in [0.1, 0.15) is 5.82 Å². The van der Waals surface area contributed by atoms with E-state index in [9.17, 15) is 18.8 Å². The van der Waals surface area contributed by atoms with E-state index in [1.807, 2.05) is 19.1 Å². The number of hydrogen-bond donors (Lipinski definition) is 0. The molecule has 2 amide bonds. The predicted molar refractivity (Wildman–Crippen MR) is 113 cm³/mol. The molecule has 158 valence electrons. The third-order valence-corrected chi connectivity index (χ3v) is 5.57. The van der Waals surface area contributed by atoms with Crippen molar-refractivity contribution in [3.05, 3.63) is 70.0 Å². The number of benzene rings is 2. The van der Waals surface area contributed by atoms with Gasteiger partial charge in [0.2, 0.25) is 5.91 Å². The molecule has 0 saturated carbocycles. The Morgan fingerprint density at radius 1 is 0.933 bits per heavy atom. The van der Waals surface area contributed by atoms with E-state index in [0.717, 1.165) is 5.56 Å². The zero-order valence-corrected chi connectivity index (χ0v) is 17.6. The SMILES string of the molecule is Cc1ccc(C(=O)CCC(=O)N2CCCN(C(=O)c3c(F)cccc3Cl)CC2)cc1. The second-order valence-electron chi connectivity index (χ2n) is 7.41. The lowest BCUT2D eigenvalue weighted by Crippen LogP contribution is -2.37. The molecule has 0 atom stereocenters. The fourth-order valence-electron chi connectivity index (χ4n) is 3.49. The number of rotatable bonds is 5. The molecule has 0 aromatic heterocycles. The Morgan fingerprint density at radius 3 is 2.30 bits per heavy atom. The van der Waals surface area contributed by atoms with Crippen molar-refractivity contribution in [3.63, 3.8) is 0 Å². The number of ketones is 1. The average molecular weight is 431 g/mol. The summed E-state index contributed by atoms with van der Waals surface area (Å²) in [4.78, 5) is 40.8. The summed E-state index contributed by atoms with van der Waals surface area (Å²) in [7, 11) is 0. The van der Waals surface area contributed by atoms with E-state index in [1.54, 1.807) is 17.0 Å². The molecule has 1 heterocycles. The lowest BCUT2D eigenvalue weighted by atomic mass is 10.0. The highest BCUT2D eigenvalue weighted by molar-refractivity contribution is 6.33. The molecule has 2 aromatic carbocycles. The number of Topliss-reactive ketones (excluding diaryl/α,β-unsaturated/α-hetero) is 1. The summed E-state index contributed by atoms with van der Waals surface area (Å²) < 4.78 is 14.1. The highest BCUT2D eigenvalue weighted by Crippen LogP contribution is 2.21. The first kappa shape index (κ1) is 22.0. The molecule has 1 aliphatic heterocycles. The minimum absolute atomic E-state index is 0.0656. The fraction of sp³-hybridized carbons (Fsp3) is 0.348. The molecular weight excluding hydrogens is 407 g/mol. The van der Waals surface area contributed by atoms with Crippen LogP contribution < -0.4 is 0 Å². The van der Waals surface area contributed by atoms with Gasteiger partial charge in [0.05, 0.1) is 10.6 Å². The van der Waals surface area contributed by atoms with E-state index < -0.39 is 11.7 Å². The zero-order valence-electron chi connectivity index (χ0n) is 16.9. The Morgan fingerprint density at radius 2 is 1.60 bits per heavy atom. The first-order valence-corrected chi connectivity index (χ1v) is 10.4. The summed E-state index contributed by atoms with van der Waals surface area (Å²) in [6.45, 7) is 3.49. The maximum Gasteiger partial charge on any atom is 0.258 e. The van der Waals surface area contributed by atoms with Crippen molar-refractivity contribution in [2.75, 3.05) is 26.2 Å². The Labute approximate surface area is 180 Å². The van der Waals surface area contributed by atoms with Crippen molar-refractivity contribution in [1.82, 2.24) is 9.80 Å².